The summed E-state index contributed by atoms with van der Waals surface area (Å²) in [5.41, 5.74) is 1.38. The summed E-state index contributed by atoms with van der Waals surface area (Å²) in [5, 5.41) is 3.11. The molecule has 174 valence electrons. The van der Waals surface area contributed by atoms with E-state index in [0.29, 0.717) is 28.6 Å². The third-order valence-corrected chi connectivity index (χ3v) is 5.14. The van der Waals surface area contributed by atoms with Gasteiger partial charge in [0.25, 0.3) is 6.43 Å². The molecule has 0 saturated carbocycles. The molecule has 1 unspecified atom stereocenters. The molecule has 0 aliphatic carbocycles. The molecule has 6 nitrogen and oxygen atoms in total. The van der Waals surface area contributed by atoms with Gasteiger partial charge >= 0.3 is 0 Å². The number of halogens is 3. The Hall–Kier alpha value is -3.33. The molecule has 33 heavy (non-hydrogen) atoms. The zero-order valence-electron chi connectivity index (χ0n) is 18.5. The van der Waals surface area contributed by atoms with Crippen molar-refractivity contribution >= 4 is 17.8 Å². The number of aldehydes is 1. The van der Waals surface area contributed by atoms with Gasteiger partial charge in [-0.15, -0.1) is 0 Å². The van der Waals surface area contributed by atoms with Crippen molar-refractivity contribution in [2.45, 2.75) is 32.1 Å². The van der Waals surface area contributed by atoms with Crippen LogP contribution in [-0.4, -0.2) is 46.3 Å². The molecule has 0 amide bonds. The van der Waals surface area contributed by atoms with Gasteiger partial charge in [0, 0.05) is 47.7 Å². The highest BCUT2D eigenvalue weighted by Gasteiger charge is 2.23. The van der Waals surface area contributed by atoms with Crippen molar-refractivity contribution in [2.75, 3.05) is 25.5 Å². The molecule has 0 bridgehead atoms. The highest BCUT2D eigenvalue weighted by atomic mass is 19.3. The predicted octanol–water partition coefficient (Wildman–Crippen LogP) is 5.37. The fraction of sp³-hybridized carbons (Fsp3) is 0.333. The quantitative estimate of drug-likeness (QED) is 0.519. The Balaban J connectivity index is 0.000000968. The van der Waals surface area contributed by atoms with Gasteiger partial charge in [0.2, 0.25) is 0 Å². The van der Waals surface area contributed by atoms with Crippen molar-refractivity contribution in [3.8, 4) is 11.3 Å². The van der Waals surface area contributed by atoms with Crippen LogP contribution in [0.3, 0.4) is 0 Å². The SMILES string of the molecule is CC=O.CN1CCCC(c2nc(Nc3cccc(F)c3)cc(-c3cncc(C(F)F)c3)n2)C1. The summed E-state index contributed by atoms with van der Waals surface area (Å²) in [6, 6.07) is 9.14. The van der Waals surface area contributed by atoms with E-state index in [2.05, 4.69) is 32.2 Å². The molecular weight excluding hydrogens is 431 g/mol. The van der Waals surface area contributed by atoms with Crippen molar-refractivity contribution < 1.29 is 18.0 Å². The third kappa shape index (κ3) is 6.82. The highest BCUT2D eigenvalue weighted by Crippen LogP contribution is 2.30. The minimum absolute atomic E-state index is 0.128. The molecule has 3 aromatic rings. The number of likely N-dealkylation sites (N-methyl/N-ethyl adjacent to an activating group) is 1. The van der Waals surface area contributed by atoms with Crippen molar-refractivity contribution in [2.24, 2.45) is 0 Å². The molecule has 1 atom stereocenters. The molecule has 1 aliphatic rings. The number of alkyl halides is 2. The lowest BCUT2D eigenvalue weighted by atomic mass is 9.97. The van der Waals surface area contributed by atoms with Gasteiger partial charge in [0.15, 0.2) is 0 Å². The highest BCUT2D eigenvalue weighted by molar-refractivity contribution is 5.65. The molecule has 9 heteroatoms. The van der Waals surface area contributed by atoms with E-state index in [1.807, 2.05) is 0 Å². The number of rotatable bonds is 5. The van der Waals surface area contributed by atoms with Gasteiger partial charge in [-0.3, -0.25) is 4.98 Å². The molecule has 1 aromatic carbocycles. The standard InChI is InChI=1S/C22H22F3N5.C2H4O/c1-30-7-3-4-14(13-30)22-28-19(15-8-16(21(24)25)12-26-11-15)10-20(29-22)27-18-6-2-5-17(23)9-18;1-2-3/h2,5-6,8-12,14,21H,3-4,7,13H2,1H3,(H,27,28,29);2H,1H3. The van der Waals surface area contributed by atoms with E-state index in [9.17, 15) is 13.2 Å². The first kappa shape index (κ1) is 24.3. The lowest BCUT2D eigenvalue weighted by molar-refractivity contribution is -0.106. The summed E-state index contributed by atoms with van der Waals surface area (Å²) in [5.74, 6) is 0.886. The van der Waals surface area contributed by atoms with Crippen molar-refractivity contribution in [1.29, 1.82) is 0 Å². The number of likely N-dealkylation sites (tertiary alicyclic amines) is 1. The number of hydrogen-bond acceptors (Lipinski definition) is 6. The maximum Gasteiger partial charge on any atom is 0.265 e. The van der Waals surface area contributed by atoms with Gasteiger partial charge in [-0.05, 0) is 57.6 Å². The van der Waals surface area contributed by atoms with Crippen LogP contribution in [0.25, 0.3) is 11.3 Å². The van der Waals surface area contributed by atoms with E-state index in [1.54, 1.807) is 18.2 Å². The molecule has 1 saturated heterocycles. The van der Waals surface area contributed by atoms with Crippen LogP contribution in [0.2, 0.25) is 0 Å². The van der Waals surface area contributed by atoms with Crippen molar-refractivity contribution in [3.05, 3.63) is 66.0 Å². The fourth-order valence-corrected chi connectivity index (χ4v) is 3.67. The Kier molecular flexibility index (Phi) is 8.48. The number of nitrogens with zero attached hydrogens (tertiary/aromatic N) is 4. The average Bonchev–Trinajstić information content (AvgIpc) is 2.79. The topological polar surface area (TPSA) is 71.0 Å². The molecule has 1 N–H and O–H groups in total. The van der Waals surface area contributed by atoms with Gasteiger partial charge in [0.05, 0.1) is 5.69 Å². The van der Waals surface area contributed by atoms with E-state index < -0.39 is 6.43 Å². The molecule has 0 radical (unpaired) electrons. The average molecular weight is 458 g/mol. The van der Waals surface area contributed by atoms with Gasteiger partial charge < -0.3 is 15.0 Å². The van der Waals surface area contributed by atoms with Crippen LogP contribution < -0.4 is 5.32 Å². The molecule has 4 rings (SSSR count). The number of piperidine rings is 1. The first-order chi connectivity index (χ1) is 15.9. The van der Waals surface area contributed by atoms with Gasteiger partial charge in [-0.2, -0.15) is 0 Å². The number of carbonyl (C=O) groups is 1. The number of hydrogen-bond donors (Lipinski definition) is 1. The number of aromatic nitrogens is 3. The Morgan fingerprint density at radius 1 is 1.18 bits per heavy atom. The number of carbonyl (C=O) groups excluding carboxylic acids is 1. The first-order valence-electron chi connectivity index (χ1n) is 10.6. The number of nitrogens with one attached hydrogen (secondary N) is 1. The zero-order chi connectivity index (χ0) is 23.8. The van der Waals surface area contributed by atoms with Crippen LogP contribution in [0.5, 0.6) is 0 Å². The van der Waals surface area contributed by atoms with Gasteiger partial charge in [-0.25, -0.2) is 23.1 Å². The summed E-state index contributed by atoms with van der Waals surface area (Å²) < 4.78 is 39.9. The number of anilines is 2. The first-order valence-corrected chi connectivity index (χ1v) is 10.6. The normalized spacial score (nSPS) is 16.1. The largest absolute Gasteiger partial charge is 0.340 e. The second kappa shape index (κ2) is 11.5. The molecular formula is C24H26F3N5O. The molecule has 1 fully saturated rings. The van der Waals surface area contributed by atoms with Crippen LogP contribution >= 0.6 is 0 Å². The summed E-state index contributed by atoms with van der Waals surface area (Å²) in [4.78, 5) is 24.3. The van der Waals surface area contributed by atoms with E-state index in [-0.39, 0.29) is 17.3 Å². The molecule has 1 aliphatic heterocycles. The maximum absolute atomic E-state index is 13.6. The molecule has 3 heterocycles. The smallest absolute Gasteiger partial charge is 0.265 e. The predicted molar refractivity (Wildman–Crippen MR) is 121 cm³/mol. The van der Waals surface area contributed by atoms with Crippen LogP contribution in [0.15, 0.2) is 48.8 Å². The van der Waals surface area contributed by atoms with E-state index in [1.165, 1.54) is 31.3 Å². The summed E-state index contributed by atoms with van der Waals surface area (Å²) in [6.07, 6.45) is 2.78. The Morgan fingerprint density at radius 2 is 1.97 bits per heavy atom. The Bertz CT molecular complexity index is 1080. The number of pyridine rings is 1. The minimum atomic E-state index is -2.62. The lowest BCUT2D eigenvalue weighted by Gasteiger charge is -2.29. The Morgan fingerprint density at radius 3 is 2.67 bits per heavy atom. The second-order valence-corrected chi connectivity index (χ2v) is 7.78. The third-order valence-electron chi connectivity index (χ3n) is 5.14. The van der Waals surface area contributed by atoms with Gasteiger partial charge in [-0.1, -0.05) is 6.07 Å². The van der Waals surface area contributed by atoms with Crippen LogP contribution in [0.1, 0.15) is 43.5 Å². The summed E-state index contributed by atoms with van der Waals surface area (Å²) in [7, 11) is 2.05. The molecule has 0 spiro atoms. The minimum Gasteiger partial charge on any atom is -0.340 e. The van der Waals surface area contributed by atoms with Gasteiger partial charge in [0.1, 0.15) is 23.7 Å². The number of benzene rings is 1. The van der Waals surface area contributed by atoms with Crippen LogP contribution in [0.4, 0.5) is 24.7 Å². The van der Waals surface area contributed by atoms with E-state index in [0.717, 1.165) is 38.4 Å². The maximum atomic E-state index is 13.6. The zero-order valence-corrected chi connectivity index (χ0v) is 18.5. The van der Waals surface area contributed by atoms with Crippen LogP contribution in [-0.2, 0) is 4.79 Å². The second-order valence-electron chi connectivity index (χ2n) is 7.78. The fourth-order valence-electron chi connectivity index (χ4n) is 3.67. The van der Waals surface area contributed by atoms with Crippen molar-refractivity contribution in [1.82, 2.24) is 19.9 Å². The van der Waals surface area contributed by atoms with E-state index in [4.69, 9.17) is 4.79 Å². The van der Waals surface area contributed by atoms with Crippen LogP contribution in [0, 0.1) is 5.82 Å². The van der Waals surface area contributed by atoms with E-state index >= 15 is 0 Å². The van der Waals surface area contributed by atoms with Crippen molar-refractivity contribution in [3.63, 3.8) is 0 Å². The lowest BCUT2D eigenvalue weighted by Crippen LogP contribution is -2.31. The summed E-state index contributed by atoms with van der Waals surface area (Å²) >= 11 is 0. The molecule has 2 aromatic heterocycles. The Labute approximate surface area is 190 Å². The monoisotopic (exact) mass is 457 g/mol. The summed E-state index contributed by atoms with van der Waals surface area (Å²) in [6.45, 7) is 3.28.